The third-order valence-electron chi connectivity index (χ3n) is 5.58. The summed E-state index contributed by atoms with van der Waals surface area (Å²) in [6.45, 7) is 11.1. The van der Waals surface area contributed by atoms with Crippen LogP contribution in [0.4, 0.5) is 0 Å². The maximum absolute atomic E-state index is 2.34. The highest BCUT2D eigenvalue weighted by Crippen LogP contribution is 2.09. The molecule has 4 heteroatoms. The zero-order chi connectivity index (χ0) is 18.8. The monoisotopic (exact) mass is 608 g/mol. The molecule has 0 atom stereocenters. The van der Waals surface area contributed by atoms with Gasteiger partial charge in [0.05, 0.1) is 0 Å². The van der Waals surface area contributed by atoms with E-state index in [2.05, 4.69) is 73.7 Å². The van der Waals surface area contributed by atoms with Crippen molar-refractivity contribution in [3.63, 3.8) is 0 Å². The van der Waals surface area contributed by atoms with Crippen molar-refractivity contribution in [3.8, 4) is 0 Å². The molecule has 2 heterocycles. The second kappa shape index (κ2) is 15.6. The second-order valence-electron chi connectivity index (χ2n) is 7.93. The molecule has 0 aliphatic rings. The van der Waals surface area contributed by atoms with Crippen molar-refractivity contribution >= 4 is 0 Å². The Labute approximate surface area is 207 Å². The predicted molar refractivity (Wildman–Crippen MR) is 109 cm³/mol. The Morgan fingerprint density at radius 3 is 1.14 bits per heavy atom. The van der Waals surface area contributed by atoms with Gasteiger partial charge in [0.2, 0.25) is 0 Å². The topological polar surface area (TPSA) is 7.76 Å². The zero-order valence-electron chi connectivity index (χ0n) is 18.2. The van der Waals surface area contributed by atoms with E-state index < -0.39 is 0 Å². The minimum Gasteiger partial charge on any atom is -1.00 e. The lowest BCUT2D eigenvalue weighted by Gasteiger charge is -2.03. The average molecular weight is 608 g/mol. The largest absolute Gasteiger partial charge is 1.00 e. The van der Waals surface area contributed by atoms with Crippen molar-refractivity contribution in [2.45, 2.75) is 92.2 Å². The van der Waals surface area contributed by atoms with Gasteiger partial charge in [0.1, 0.15) is 13.1 Å². The lowest BCUT2D eigenvalue weighted by Crippen LogP contribution is -3.00. The first kappa shape index (κ1) is 27.8. The maximum atomic E-state index is 2.34. The molecule has 0 saturated carbocycles. The summed E-state index contributed by atoms with van der Waals surface area (Å²) >= 11 is 0. The van der Waals surface area contributed by atoms with Gasteiger partial charge in [0, 0.05) is 36.1 Å². The van der Waals surface area contributed by atoms with Crippen LogP contribution in [0.2, 0.25) is 0 Å². The van der Waals surface area contributed by atoms with Gasteiger partial charge in [-0.05, 0) is 51.7 Å². The van der Waals surface area contributed by atoms with Crippen LogP contribution in [-0.2, 0) is 13.1 Å². The number of pyridine rings is 2. The molecule has 28 heavy (non-hydrogen) atoms. The summed E-state index contributed by atoms with van der Waals surface area (Å²) in [6, 6.07) is 4.46. The number of halogens is 2. The van der Waals surface area contributed by atoms with E-state index in [1.807, 2.05) is 0 Å². The normalized spacial score (nSPS) is 10.3. The number of aromatic nitrogens is 2. The van der Waals surface area contributed by atoms with Crippen molar-refractivity contribution in [1.29, 1.82) is 0 Å². The van der Waals surface area contributed by atoms with E-state index in [1.165, 1.54) is 73.6 Å². The number of rotatable bonds is 11. The van der Waals surface area contributed by atoms with Gasteiger partial charge in [-0.3, -0.25) is 0 Å². The summed E-state index contributed by atoms with van der Waals surface area (Å²) in [6.07, 6.45) is 19.9. The average Bonchev–Trinajstić information content (AvgIpc) is 2.62. The highest BCUT2D eigenvalue weighted by Gasteiger charge is 2.04. The maximum Gasteiger partial charge on any atom is 0.171 e. The Morgan fingerprint density at radius 2 is 0.821 bits per heavy atom. The number of nitrogens with zero attached hydrogens (tertiary/aromatic N) is 2. The number of hydrogen-bond acceptors (Lipinski definition) is 0. The molecule has 0 fully saturated rings. The Bertz CT molecular complexity index is 627. The van der Waals surface area contributed by atoms with E-state index in [9.17, 15) is 0 Å². The molecular weight excluding hydrogens is 570 g/mol. The lowest BCUT2D eigenvalue weighted by atomic mass is 10.1. The van der Waals surface area contributed by atoms with Crippen LogP contribution in [-0.4, -0.2) is 0 Å². The summed E-state index contributed by atoms with van der Waals surface area (Å²) in [5, 5.41) is 0. The first-order valence-electron chi connectivity index (χ1n) is 10.5. The molecule has 0 radical (unpaired) electrons. The molecule has 0 N–H and O–H groups in total. The van der Waals surface area contributed by atoms with Crippen molar-refractivity contribution in [2.75, 3.05) is 0 Å². The first-order chi connectivity index (χ1) is 12.6. The van der Waals surface area contributed by atoms with Crippen LogP contribution in [0.25, 0.3) is 0 Å². The van der Waals surface area contributed by atoms with Crippen molar-refractivity contribution < 1.29 is 57.1 Å². The Morgan fingerprint density at radius 1 is 0.500 bits per heavy atom. The van der Waals surface area contributed by atoms with Crippen molar-refractivity contribution in [2.24, 2.45) is 0 Å². The number of hydrogen-bond donors (Lipinski definition) is 0. The van der Waals surface area contributed by atoms with Gasteiger partial charge < -0.3 is 48.0 Å². The standard InChI is InChI=1S/C24H38N2.2HI/c1-21-13-17-25(19-23(21)3)15-11-9-7-5-6-8-10-12-16-26-18-14-22(2)24(4)20-26;;/h13-14,17-20H,5-12,15-16H2,1-4H3;2*1H/q+2;;/p-2. The smallest absolute Gasteiger partial charge is 0.171 e. The molecular formula is C24H38I2N2. The van der Waals surface area contributed by atoms with Crippen LogP contribution in [0, 0.1) is 27.7 Å². The summed E-state index contributed by atoms with van der Waals surface area (Å²) in [4.78, 5) is 0. The predicted octanol–water partition coefficient (Wildman–Crippen LogP) is -0.676. The molecule has 0 unspecified atom stereocenters. The summed E-state index contributed by atoms with van der Waals surface area (Å²) in [7, 11) is 0. The van der Waals surface area contributed by atoms with Crippen LogP contribution in [0.3, 0.4) is 0 Å². The van der Waals surface area contributed by atoms with Gasteiger partial charge >= 0.3 is 0 Å². The molecule has 2 nitrogen and oxygen atoms in total. The third-order valence-corrected chi connectivity index (χ3v) is 5.58. The molecule has 2 aromatic heterocycles. The van der Waals surface area contributed by atoms with Crippen LogP contribution in [0.1, 0.15) is 73.6 Å². The fourth-order valence-electron chi connectivity index (χ4n) is 3.39. The molecule has 0 aliphatic heterocycles. The molecule has 2 rings (SSSR count). The van der Waals surface area contributed by atoms with Gasteiger partial charge in [-0.15, -0.1) is 0 Å². The van der Waals surface area contributed by atoms with Crippen LogP contribution in [0.5, 0.6) is 0 Å². The first-order valence-corrected chi connectivity index (χ1v) is 10.5. The fourth-order valence-corrected chi connectivity index (χ4v) is 3.39. The molecule has 0 saturated heterocycles. The van der Waals surface area contributed by atoms with Crippen LogP contribution in [0.15, 0.2) is 36.9 Å². The van der Waals surface area contributed by atoms with E-state index in [1.54, 1.807) is 0 Å². The highest BCUT2D eigenvalue weighted by atomic mass is 127. The summed E-state index contributed by atoms with van der Waals surface area (Å²) < 4.78 is 4.68. The molecule has 2 aromatic rings. The number of unbranched alkanes of at least 4 members (excludes halogenated alkanes) is 7. The lowest BCUT2D eigenvalue weighted by molar-refractivity contribution is -0.697. The molecule has 0 spiro atoms. The van der Waals surface area contributed by atoms with Crippen molar-refractivity contribution in [1.82, 2.24) is 0 Å². The Balaban J connectivity index is 0.00000364. The van der Waals surface area contributed by atoms with E-state index in [0.717, 1.165) is 13.1 Å². The number of aryl methyl sites for hydroxylation is 6. The van der Waals surface area contributed by atoms with Crippen LogP contribution >= 0.6 is 0 Å². The highest BCUT2D eigenvalue weighted by molar-refractivity contribution is 5.17. The van der Waals surface area contributed by atoms with Gasteiger partial charge in [0.25, 0.3) is 0 Å². The van der Waals surface area contributed by atoms with E-state index in [-0.39, 0.29) is 48.0 Å². The van der Waals surface area contributed by atoms with Crippen molar-refractivity contribution in [3.05, 3.63) is 59.2 Å². The molecule has 0 bridgehead atoms. The zero-order valence-corrected chi connectivity index (χ0v) is 22.5. The van der Waals surface area contributed by atoms with Gasteiger partial charge in [-0.25, -0.2) is 9.13 Å². The quantitative estimate of drug-likeness (QED) is 0.182. The minimum atomic E-state index is 0. The Hall–Kier alpha value is -0.240. The minimum absolute atomic E-state index is 0. The van der Waals surface area contributed by atoms with E-state index >= 15 is 0 Å². The molecule has 158 valence electrons. The second-order valence-corrected chi connectivity index (χ2v) is 7.93. The van der Waals surface area contributed by atoms with Gasteiger partial charge in [0.15, 0.2) is 24.8 Å². The van der Waals surface area contributed by atoms with E-state index in [4.69, 9.17) is 0 Å². The molecule has 0 amide bonds. The van der Waals surface area contributed by atoms with E-state index in [0.29, 0.717) is 0 Å². The third kappa shape index (κ3) is 10.5. The molecule has 0 aliphatic carbocycles. The van der Waals surface area contributed by atoms with Gasteiger partial charge in [-0.2, -0.15) is 0 Å². The van der Waals surface area contributed by atoms with Gasteiger partial charge in [-0.1, -0.05) is 25.7 Å². The Kier molecular flexibility index (Phi) is 15.4. The van der Waals surface area contributed by atoms with Crippen LogP contribution < -0.4 is 57.1 Å². The molecule has 0 aromatic carbocycles. The summed E-state index contributed by atoms with van der Waals surface area (Å²) in [5.41, 5.74) is 5.56. The SMILES string of the molecule is Cc1cc[n+](CCCCCCCCCC[n+]2ccc(C)c(C)c2)cc1C.[I-].[I-]. The fraction of sp³-hybridized carbons (Fsp3) is 0.583. The summed E-state index contributed by atoms with van der Waals surface area (Å²) in [5.74, 6) is 0.